The highest BCUT2D eigenvalue weighted by Crippen LogP contribution is 2.40. The zero-order valence-corrected chi connectivity index (χ0v) is 12.5. The molecule has 2 aromatic carbocycles. The van der Waals surface area contributed by atoms with Gasteiger partial charge in [-0.15, -0.1) is 0 Å². The molecule has 1 aliphatic rings. The van der Waals surface area contributed by atoms with Crippen molar-refractivity contribution in [3.8, 4) is 16.9 Å². The topological polar surface area (TPSA) is 35.5 Å². The molecule has 1 unspecified atom stereocenters. The van der Waals surface area contributed by atoms with Gasteiger partial charge in [-0.25, -0.2) is 0 Å². The van der Waals surface area contributed by atoms with Gasteiger partial charge < -0.3 is 9.26 Å². The minimum absolute atomic E-state index is 0.0742. The fourth-order valence-corrected chi connectivity index (χ4v) is 2.84. The van der Waals surface area contributed by atoms with Crippen molar-refractivity contribution in [1.29, 1.82) is 0 Å². The van der Waals surface area contributed by atoms with Gasteiger partial charge in [-0.1, -0.05) is 43.0 Å². The van der Waals surface area contributed by atoms with Crippen molar-refractivity contribution in [3.63, 3.8) is 0 Å². The molecule has 0 aliphatic heterocycles. The fraction of sp³-hybridized carbons (Fsp3) is 0.118. The van der Waals surface area contributed by atoms with Crippen LogP contribution in [0.1, 0.15) is 11.1 Å². The smallest absolute Gasteiger partial charge is 0.200 e. The Kier molecular flexibility index (Phi) is 4.14. The second-order valence-electron chi connectivity index (χ2n) is 4.69. The van der Waals surface area contributed by atoms with E-state index in [4.69, 9.17) is 9.26 Å². The molecule has 0 radical (unpaired) electrons. The van der Waals surface area contributed by atoms with Crippen LogP contribution >= 0.6 is 8.81 Å². The second-order valence-corrected chi connectivity index (χ2v) is 5.68. The van der Waals surface area contributed by atoms with Crippen molar-refractivity contribution in [2.45, 2.75) is 6.42 Å². The van der Waals surface area contributed by atoms with Crippen molar-refractivity contribution in [3.05, 3.63) is 66.2 Å². The lowest BCUT2D eigenvalue weighted by molar-refractivity contribution is -0.108. The summed E-state index contributed by atoms with van der Waals surface area (Å²) in [7, 11) is -0.246. The number of allylic oxidation sites excluding steroid dienone is 1. The van der Waals surface area contributed by atoms with Crippen molar-refractivity contribution in [2.75, 3.05) is 6.79 Å². The van der Waals surface area contributed by atoms with Gasteiger partial charge in [0, 0.05) is 12.0 Å². The Morgan fingerprint density at radius 1 is 1.19 bits per heavy atom. The van der Waals surface area contributed by atoms with Gasteiger partial charge in [-0.2, -0.15) is 0 Å². The van der Waals surface area contributed by atoms with Crippen LogP contribution in [0.4, 0.5) is 0 Å². The average molecular weight is 298 g/mol. The van der Waals surface area contributed by atoms with Crippen LogP contribution in [0.25, 0.3) is 11.1 Å². The van der Waals surface area contributed by atoms with Gasteiger partial charge in [-0.05, 0) is 28.8 Å². The number of carbonyl (C=O) groups excluding carboxylic acids is 1. The molecule has 1 aliphatic carbocycles. The highest BCUT2D eigenvalue weighted by molar-refractivity contribution is 7.53. The van der Waals surface area contributed by atoms with E-state index in [1.807, 2.05) is 18.2 Å². The van der Waals surface area contributed by atoms with E-state index in [-0.39, 0.29) is 21.1 Å². The normalized spacial score (nSPS) is 12.2. The minimum atomic E-state index is -0.246. The molecule has 2 aromatic rings. The number of hydrogen-bond acceptors (Lipinski definition) is 3. The Morgan fingerprint density at radius 2 is 2.00 bits per heavy atom. The molecular formula is C17H15O3P. The van der Waals surface area contributed by atoms with E-state index in [0.29, 0.717) is 0 Å². The van der Waals surface area contributed by atoms with Crippen LogP contribution in [0, 0.1) is 0 Å². The second kappa shape index (κ2) is 6.21. The Bertz CT molecular complexity index is 694. The molecule has 0 bridgehead atoms. The summed E-state index contributed by atoms with van der Waals surface area (Å²) in [6.07, 6.45) is 2.13. The summed E-state index contributed by atoms with van der Waals surface area (Å²) in [5.74, 6) is 0.819. The number of fused-ring (bicyclic) bond motifs is 3. The SMILES string of the molecule is C=CC(=O)POCOc1cccc2c1Cc1ccccc1-2. The van der Waals surface area contributed by atoms with E-state index < -0.39 is 0 Å². The molecule has 0 saturated heterocycles. The maximum absolute atomic E-state index is 11.1. The Morgan fingerprint density at radius 3 is 2.86 bits per heavy atom. The highest BCUT2D eigenvalue weighted by Gasteiger charge is 2.21. The Labute approximate surface area is 125 Å². The summed E-state index contributed by atoms with van der Waals surface area (Å²) in [5, 5.41) is 0. The maximum Gasteiger partial charge on any atom is 0.200 e. The van der Waals surface area contributed by atoms with Crippen molar-refractivity contribution < 1.29 is 14.1 Å². The van der Waals surface area contributed by atoms with Crippen LogP contribution in [0.3, 0.4) is 0 Å². The fourth-order valence-electron chi connectivity index (χ4n) is 2.50. The summed E-state index contributed by atoms with van der Waals surface area (Å²) < 4.78 is 10.9. The van der Waals surface area contributed by atoms with Crippen LogP contribution in [-0.4, -0.2) is 12.3 Å². The number of ether oxygens (including phenoxy) is 1. The molecule has 0 N–H and O–H groups in total. The average Bonchev–Trinajstić information content (AvgIpc) is 2.90. The van der Waals surface area contributed by atoms with Crippen LogP contribution in [0.5, 0.6) is 5.75 Å². The van der Waals surface area contributed by atoms with Crippen molar-refractivity contribution in [1.82, 2.24) is 0 Å². The molecule has 0 fully saturated rings. The number of rotatable bonds is 6. The lowest BCUT2D eigenvalue weighted by Crippen LogP contribution is -2.01. The first-order chi connectivity index (χ1) is 10.3. The molecule has 106 valence electrons. The Hall–Kier alpha value is -1.96. The lowest BCUT2D eigenvalue weighted by atomic mass is 10.1. The third-order valence-electron chi connectivity index (χ3n) is 3.44. The molecule has 0 aromatic heterocycles. The summed E-state index contributed by atoms with van der Waals surface area (Å²) in [5.41, 5.74) is 4.86. The highest BCUT2D eigenvalue weighted by atomic mass is 31.1. The molecule has 4 heteroatoms. The van der Waals surface area contributed by atoms with Gasteiger partial charge in [0.15, 0.2) is 6.79 Å². The van der Waals surface area contributed by atoms with Gasteiger partial charge in [0.05, 0.1) is 8.81 Å². The first-order valence-corrected chi connectivity index (χ1v) is 7.57. The summed E-state index contributed by atoms with van der Waals surface area (Å²) in [4.78, 5) is 11.1. The Balaban J connectivity index is 1.72. The molecule has 0 saturated carbocycles. The number of benzene rings is 2. The van der Waals surface area contributed by atoms with E-state index in [0.717, 1.165) is 12.2 Å². The number of hydrogen-bond donors (Lipinski definition) is 0. The van der Waals surface area contributed by atoms with Crippen molar-refractivity contribution in [2.24, 2.45) is 0 Å². The maximum atomic E-state index is 11.1. The monoisotopic (exact) mass is 298 g/mol. The predicted molar refractivity (Wildman–Crippen MR) is 84.8 cm³/mol. The van der Waals surface area contributed by atoms with Gasteiger partial charge in [-0.3, -0.25) is 4.79 Å². The van der Waals surface area contributed by atoms with Gasteiger partial charge >= 0.3 is 0 Å². The van der Waals surface area contributed by atoms with E-state index in [9.17, 15) is 4.79 Å². The summed E-state index contributed by atoms with van der Waals surface area (Å²) in [6, 6.07) is 14.4. The van der Waals surface area contributed by atoms with Gasteiger partial charge in [0.25, 0.3) is 0 Å². The molecule has 3 rings (SSSR count). The molecule has 0 spiro atoms. The van der Waals surface area contributed by atoms with Crippen LogP contribution < -0.4 is 4.74 Å². The zero-order valence-electron chi connectivity index (χ0n) is 11.5. The van der Waals surface area contributed by atoms with Crippen molar-refractivity contribution >= 4 is 14.3 Å². The van der Waals surface area contributed by atoms with E-state index in [1.165, 1.54) is 28.3 Å². The molecule has 0 amide bonds. The van der Waals surface area contributed by atoms with Gasteiger partial charge in [0.2, 0.25) is 5.52 Å². The van der Waals surface area contributed by atoms with Crippen LogP contribution in [0.15, 0.2) is 55.1 Å². The first-order valence-electron chi connectivity index (χ1n) is 6.67. The van der Waals surface area contributed by atoms with Crippen LogP contribution in [-0.2, 0) is 15.7 Å². The largest absolute Gasteiger partial charge is 0.467 e. The van der Waals surface area contributed by atoms with E-state index in [1.54, 1.807) is 0 Å². The third kappa shape index (κ3) is 2.90. The first kappa shape index (κ1) is 14.0. The molecule has 0 heterocycles. The van der Waals surface area contributed by atoms with Crippen LogP contribution in [0.2, 0.25) is 0 Å². The van der Waals surface area contributed by atoms with E-state index >= 15 is 0 Å². The number of carbonyl (C=O) groups is 1. The molecule has 21 heavy (non-hydrogen) atoms. The zero-order chi connectivity index (χ0) is 14.7. The molecular weight excluding hydrogens is 283 g/mol. The van der Waals surface area contributed by atoms with E-state index in [2.05, 4.69) is 30.8 Å². The van der Waals surface area contributed by atoms with Gasteiger partial charge in [0.1, 0.15) is 5.75 Å². The summed E-state index contributed by atoms with van der Waals surface area (Å²) >= 11 is 0. The summed E-state index contributed by atoms with van der Waals surface area (Å²) in [6.45, 7) is 3.48. The quantitative estimate of drug-likeness (QED) is 0.299. The molecule has 3 nitrogen and oxygen atoms in total. The molecule has 1 atom stereocenters. The third-order valence-corrected chi connectivity index (χ3v) is 4.11. The standard InChI is InChI=1S/C17H15O3P/c1-2-17(18)21-20-11-19-16-9-5-8-14-13-7-4-3-6-12(13)10-15(14)16/h2-9,21H,1,10-11H2. The minimum Gasteiger partial charge on any atom is -0.467 e. The predicted octanol–water partition coefficient (Wildman–Crippen LogP) is 3.92. The lowest BCUT2D eigenvalue weighted by Gasteiger charge is -2.10.